The van der Waals surface area contributed by atoms with Gasteiger partial charge in [0.15, 0.2) is 0 Å². The van der Waals surface area contributed by atoms with Gasteiger partial charge in [0, 0.05) is 18.9 Å². The van der Waals surface area contributed by atoms with Crippen molar-refractivity contribution in [1.82, 2.24) is 15.6 Å². The molecule has 19 heavy (non-hydrogen) atoms. The van der Waals surface area contributed by atoms with E-state index in [1.165, 1.54) is 5.56 Å². The number of pyridine rings is 1. The first-order valence-electron chi connectivity index (χ1n) is 6.99. The van der Waals surface area contributed by atoms with Crippen molar-refractivity contribution in [2.24, 2.45) is 5.41 Å². The van der Waals surface area contributed by atoms with Crippen molar-refractivity contribution in [2.45, 2.75) is 39.2 Å². The summed E-state index contributed by atoms with van der Waals surface area (Å²) in [6.07, 6.45) is 6.66. The maximum absolute atomic E-state index is 12.2. The van der Waals surface area contributed by atoms with E-state index in [1.807, 2.05) is 12.1 Å². The van der Waals surface area contributed by atoms with E-state index in [0.29, 0.717) is 6.54 Å². The molecular weight excluding hydrogens is 238 g/mol. The lowest BCUT2D eigenvalue weighted by Gasteiger charge is -2.38. The predicted molar refractivity (Wildman–Crippen MR) is 75.8 cm³/mol. The topological polar surface area (TPSA) is 54.0 Å². The lowest BCUT2D eigenvalue weighted by atomic mass is 9.77. The molecule has 104 valence electrons. The van der Waals surface area contributed by atoms with Gasteiger partial charge in [0.25, 0.3) is 0 Å². The van der Waals surface area contributed by atoms with Gasteiger partial charge >= 0.3 is 0 Å². The van der Waals surface area contributed by atoms with Crippen LogP contribution in [0.2, 0.25) is 0 Å². The molecule has 2 N–H and O–H groups in total. The Morgan fingerprint density at radius 1 is 1.47 bits per heavy atom. The molecule has 1 unspecified atom stereocenters. The Bertz CT molecular complexity index is 417. The Morgan fingerprint density at radius 3 is 2.89 bits per heavy atom. The molecule has 1 fully saturated rings. The minimum Gasteiger partial charge on any atom is -0.354 e. The fraction of sp³-hybridized carbons (Fsp3) is 0.600. The van der Waals surface area contributed by atoms with E-state index in [2.05, 4.69) is 29.5 Å². The Kier molecular flexibility index (Phi) is 4.53. The normalized spacial score (nSPS) is 21.9. The molecule has 0 radical (unpaired) electrons. The first kappa shape index (κ1) is 14.0. The molecule has 1 aliphatic rings. The van der Waals surface area contributed by atoms with Gasteiger partial charge in [0.2, 0.25) is 5.91 Å². The molecule has 2 rings (SSSR count). The van der Waals surface area contributed by atoms with Crippen LogP contribution >= 0.6 is 0 Å². The van der Waals surface area contributed by atoms with Gasteiger partial charge < -0.3 is 10.6 Å². The fourth-order valence-corrected chi connectivity index (χ4v) is 2.64. The third kappa shape index (κ3) is 3.77. The number of nitrogens with zero attached hydrogens (tertiary/aromatic N) is 1. The molecule has 2 heterocycles. The summed E-state index contributed by atoms with van der Waals surface area (Å²) in [4.78, 5) is 16.2. The van der Waals surface area contributed by atoms with Gasteiger partial charge in [-0.25, -0.2) is 0 Å². The molecule has 1 atom stereocenters. The number of rotatable bonds is 4. The van der Waals surface area contributed by atoms with Gasteiger partial charge in [-0.1, -0.05) is 13.8 Å². The van der Waals surface area contributed by atoms with Gasteiger partial charge in [-0.3, -0.25) is 9.78 Å². The zero-order chi connectivity index (χ0) is 13.7. The second-order valence-corrected chi connectivity index (χ2v) is 5.88. The van der Waals surface area contributed by atoms with Crippen LogP contribution in [0.15, 0.2) is 24.5 Å². The number of hydrogen-bond donors (Lipinski definition) is 2. The van der Waals surface area contributed by atoms with Gasteiger partial charge in [-0.05, 0) is 48.9 Å². The molecule has 1 aliphatic heterocycles. The molecule has 0 aromatic carbocycles. The van der Waals surface area contributed by atoms with E-state index >= 15 is 0 Å². The van der Waals surface area contributed by atoms with Crippen molar-refractivity contribution in [3.8, 4) is 0 Å². The average Bonchev–Trinajstić information content (AvgIpc) is 2.39. The number of carbonyl (C=O) groups excluding carboxylic acids is 1. The smallest absolute Gasteiger partial charge is 0.237 e. The highest BCUT2D eigenvalue weighted by Crippen LogP contribution is 2.29. The monoisotopic (exact) mass is 261 g/mol. The van der Waals surface area contributed by atoms with Crippen LogP contribution < -0.4 is 10.6 Å². The summed E-state index contributed by atoms with van der Waals surface area (Å²) in [6, 6.07) is 3.89. The number of piperidine rings is 1. The standard InChI is InChI=1S/C15H23N3O/c1-15(2)7-3-8-17-13(15)14(19)18-11-6-12-4-9-16-10-5-12/h4-5,9-10,13,17H,3,6-8,11H2,1-2H3,(H,18,19). The number of carbonyl (C=O) groups is 1. The molecule has 1 aromatic rings. The lowest BCUT2D eigenvalue weighted by molar-refractivity contribution is -0.126. The van der Waals surface area contributed by atoms with Crippen molar-refractivity contribution < 1.29 is 4.79 Å². The summed E-state index contributed by atoms with van der Waals surface area (Å²) in [5.74, 6) is 0.124. The molecule has 1 aromatic heterocycles. The van der Waals surface area contributed by atoms with Crippen molar-refractivity contribution in [1.29, 1.82) is 0 Å². The minimum absolute atomic E-state index is 0.0407. The second-order valence-electron chi connectivity index (χ2n) is 5.88. The molecule has 0 spiro atoms. The van der Waals surface area contributed by atoms with Crippen LogP contribution in [-0.2, 0) is 11.2 Å². The molecule has 0 aliphatic carbocycles. The van der Waals surface area contributed by atoms with Crippen molar-refractivity contribution in [3.63, 3.8) is 0 Å². The fourth-order valence-electron chi connectivity index (χ4n) is 2.64. The Labute approximate surface area is 115 Å². The second kappa shape index (κ2) is 6.15. The maximum Gasteiger partial charge on any atom is 0.237 e. The summed E-state index contributed by atoms with van der Waals surface area (Å²) in [5, 5.41) is 6.37. The number of hydrogen-bond acceptors (Lipinski definition) is 3. The minimum atomic E-state index is -0.0707. The van der Waals surface area contributed by atoms with Gasteiger partial charge in [-0.15, -0.1) is 0 Å². The average molecular weight is 261 g/mol. The van der Waals surface area contributed by atoms with Crippen LogP contribution in [0.4, 0.5) is 0 Å². The van der Waals surface area contributed by atoms with E-state index in [-0.39, 0.29) is 17.4 Å². The van der Waals surface area contributed by atoms with Crippen LogP contribution in [0.5, 0.6) is 0 Å². The Morgan fingerprint density at radius 2 is 2.21 bits per heavy atom. The SMILES string of the molecule is CC1(C)CCCNC1C(=O)NCCc1ccncc1. The molecule has 4 heteroatoms. The summed E-state index contributed by atoms with van der Waals surface area (Å²) in [5.41, 5.74) is 1.24. The lowest BCUT2D eigenvalue weighted by Crippen LogP contribution is -2.55. The largest absolute Gasteiger partial charge is 0.354 e. The molecule has 1 amide bonds. The first-order chi connectivity index (χ1) is 9.09. The van der Waals surface area contributed by atoms with Crippen LogP contribution in [0.3, 0.4) is 0 Å². The van der Waals surface area contributed by atoms with E-state index in [4.69, 9.17) is 0 Å². The van der Waals surface area contributed by atoms with E-state index < -0.39 is 0 Å². The van der Waals surface area contributed by atoms with Gasteiger partial charge in [-0.2, -0.15) is 0 Å². The quantitative estimate of drug-likeness (QED) is 0.864. The molecule has 0 bridgehead atoms. The summed E-state index contributed by atoms with van der Waals surface area (Å²) in [7, 11) is 0. The number of amides is 1. The highest BCUT2D eigenvalue weighted by Gasteiger charge is 2.36. The third-order valence-corrected chi connectivity index (χ3v) is 3.85. The zero-order valence-electron chi connectivity index (χ0n) is 11.8. The van der Waals surface area contributed by atoms with E-state index in [1.54, 1.807) is 12.4 Å². The number of nitrogens with one attached hydrogen (secondary N) is 2. The Hall–Kier alpha value is -1.42. The molecule has 0 saturated carbocycles. The highest BCUT2D eigenvalue weighted by atomic mass is 16.2. The number of aromatic nitrogens is 1. The molecular formula is C15H23N3O. The van der Waals surface area contributed by atoms with Crippen LogP contribution in [0, 0.1) is 5.41 Å². The van der Waals surface area contributed by atoms with Crippen molar-refractivity contribution >= 4 is 5.91 Å². The van der Waals surface area contributed by atoms with Crippen LogP contribution in [0.1, 0.15) is 32.3 Å². The molecule has 4 nitrogen and oxygen atoms in total. The van der Waals surface area contributed by atoms with Crippen molar-refractivity contribution in [3.05, 3.63) is 30.1 Å². The van der Waals surface area contributed by atoms with Crippen molar-refractivity contribution in [2.75, 3.05) is 13.1 Å². The highest BCUT2D eigenvalue weighted by molar-refractivity contribution is 5.82. The van der Waals surface area contributed by atoms with Crippen LogP contribution in [-0.4, -0.2) is 30.0 Å². The summed E-state index contributed by atoms with van der Waals surface area (Å²) in [6.45, 7) is 5.93. The van der Waals surface area contributed by atoms with Gasteiger partial charge in [0.05, 0.1) is 6.04 Å². The summed E-state index contributed by atoms with van der Waals surface area (Å²) >= 11 is 0. The van der Waals surface area contributed by atoms with Gasteiger partial charge in [0.1, 0.15) is 0 Å². The molecule has 1 saturated heterocycles. The first-order valence-corrected chi connectivity index (χ1v) is 6.99. The summed E-state index contributed by atoms with van der Waals surface area (Å²) < 4.78 is 0. The van der Waals surface area contributed by atoms with E-state index in [9.17, 15) is 4.79 Å². The third-order valence-electron chi connectivity index (χ3n) is 3.85. The Balaban J connectivity index is 1.81. The van der Waals surface area contributed by atoms with E-state index in [0.717, 1.165) is 25.8 Å². The van der Waals surface area contributed by atoms with Crippen LogP contribution in [0.25, 0.3) is 0 Å². The maximum atomic E-state index is 12.2. The zero-order valence-corrected chi connectivity index (χ0v) is 11.8. The predicted octanol–water partition coefficient (Wildman–Crippen LogP) is 1.52.